The number of hydrogen-bond donors (Lipinski definition) is 2. The second-order valence-electron chi connectivity index (χ2n) is 6.90. The number of nitrogens with zero attached hydrogens (tertiary/aromatic N) is 2. The topological polar surface area (TPSA) is 97.9 Å². The molecular formula is C19H21N3O4. The van der Waals surface area contributed by atoms with Gasteiger partial charge in [0.1, 0.15) is 17.8 Å². The number of carbonyl (C=O) groups is 1. The van der Waals surface area contributed by atoms with E-state index < -0.39 is 11.4 Å². The summed E-state index contributed by atoms with van der Waals surface area (Å²) in [6, 6.07) is 9.40. The molecule has 2 atom stereocenters. The Morgan fingerprint density at radius 1 is 1.46 bits per heavy atom. The minimum Gasteiger partial charge on any atom is -0.493 e. The number of ether oxygens (including phenoxy) is 2. The fourth-order valence-electron chi connectivity index (χ4n) is 4.10. The molecule has 7 nitrogen and oxygen atoms in total. The highest BCUT2D eigenvalue weighted by Crippen LogP contribution is 2.52. The summed E-state index contributed by atoms with van der Waals surface area (Å²) in [5.41, 5.74) is 6.77. The normalized spacial score (nSPS) is 24.4. The first-order valence-electron chi connectivity index (χ1n) is 8.50. The Labute approximate surface area is 151 Å². The van der Waals surface area contributed by atoms with Crippen LogP contribution in [-0.2, 0) is 11.3 Å². The minimum absolute atomic E-state index is 0.124. The lowest BCUT2D eigenvalue weighted by Gasteiger charge is -2.36. The average Bonchev–Trinajstić information content (AvgIpc) is 3.03. The maximum atomic E-state index is 12.2. The molecule has 0 spiro atoms. The first-order valence-corrected chi connectivity index (χ1v) is 8.50. The van der Waals surface area contributed by atoms with Gasteiger partial charge >= 0.3 is 5.97 Å². The lowest BCUT2D eigenvalue weighted by atomic mass is 9.73. The number of nitrogens with two attached hydrogens (primary N) is 1. The number of aliphatic carboxylic acids is 1. The number of nitrogen functional groups attached to an aromatic ring is 1. The van der Waals surface area contributed by atoms with Crippen LogP contribution in [0.2, 0.25) is 0 Å². The van der Waals surface area contributed by atoms with Crippen molar-refractivity contribution in [3.05, 3.63) is 47.7 Å². The predicted molar refractivity (Wildman–Crippen MR) is 95.2 cm³/mol. The van der Waals surface area contributed by atoms with Crippen molar-refractivity contribution >= 4 is 11.8 Å². The van der Waals surface area contributed by atoms with Crippen LogP contribution >= 0.6 is 0 Å². The van der Waals surface area contributed by atoms with Crippen LogP contribution < -0.4 is 15.2 Å². The van der Waals surface area contributed by atoms with Crippen LogP contribution in [0.3, 0.4) is 0 Å². The monoisotopic (exact) mass is 355 g/mol. The van der Waals surface area contributed by atoms with E-state index in [1.807, 2.05) is 30.3 Å². The maximum Gasteiger partial charge on any atom is 0.315 e. The Bertz CT molecular complexity index is 856. The van der Waals surface area contributed by atoms with Crippen molar-refractivity contribution in [3.8, 4) is 11.5 Å². The lowest BCUT2D eigenvalue weighted by molar-refractivity contribution is -0.151. The highest BCUT2D eigenvalue weighted by atomic mass is 16.5. The van der Waals surface area contributed by atoms with E-state index >= 15 is 0 Å². The molecule has 0 aliphatic carbocycles. The number of benzene rings is 1. The molecular weight excluding hydrogens is 334 g/mol. The number of carboxylic acid groups (broad SMARTS) is 1. The molecule has 2 aliphatic heterocycles. The molecule has 0 saturated carbocycles. The number of rotatable bonds is 4. The number of fused-ring (bicyclic) bond motifs is 3. The van der Waals surface area contributed by atoms with Crippen LogP contribution in [0.1, 0.15) is 17.0 Å². The third-order valence-electron chi connectivity index (χ3n) is 5.44. The van der Waals surface area contributed by atoms with Gasteiger partial charge in [0.2, 0.25) is 0 Å². The molecule has 0 bridgehead atoms. The van der Waals surface area contributed by atoms with Crippen LogP contribution in [0.4, 0.5) is 5.82 Å². The molecule has 136 valence electrons. The molecule has 1 saturated heterocycles. The largest absolute Gasteiger partial charge is 0.493 e. The van der Waals surface area contributed by atoms with E-state index in [0.717, 1.165) is 11.1 Å². The van der Waals surface area contributed by atoms with Crippen LogP contribution in [0.25, 0.3) is 0 Å². The number of likely N-dealkylation sites (tertiary alicyclic amines) is 1. The first kappa shape index (κ1) is 16.7. The molecule has 4 rings (SSSR count). The van der Waals surface area contributed by atoms with Gasteiger partial charge in [-0.25, -0.2) is 4.98 Å². The van der Waals surface area contributed by atoms with Crippen molar-refractivity contribution < 1.29 is 19.4 Å². The second kappa shape index (κ2) is 6.17. The van der Waals surface area contributed by atoms with Crippen LogP contribution in [0.15, 0.2) is 36.5 Å². The molecule has 0 amide bonds. The zero-order valence-electron chi connectivity index (χ0n) is 14.5. The summed E-state index contributed by atoms with van der Waals surface area (Å²) >= 11 is 0. The third kappa shape index (κ3) is 2.47. The van der Waals surface area contributed by atoms with Crippen molar-refractivity contribution in [2.75, 3.05) is 32.5 Å². The quantitative estimate of drug-likeness (QED) is 0.862. The second-order valence-corrected chi connectivity index (χ2v) is 6.90. The average molecular weight is 355 g/mol. The summed E-state index contributed by atoms with van der Waals surface area (Å²) in [6.45, 7) is 1.70. The van der Waals surface area contributed by atoms with E-state index in [4.69, 9.17) is 15.2 Å². The van der Waals surface area contributed by atoms with Gasteiger partial charge in [0.05, 0.1) is 7.11 Å². The summed E-state index contributed by atoms with van der Waals surface area (Å²) in [5.74, 6) is 0.760. The summed E-state index contributed by atoms with van der Waals surface area (Å²) in [6.07, 6.45) is 1.65. The van der Waals surface area contributed by atoms with Crippen LogP contribution in [0.5, 0.6) is 11.5 Å². The fourth-order valence-corrected chi connectivity index (χ4v) is 4.10. The number of para-hydroxylation sites is 1. The summed E-state index contributed by atoms with van der Waals surface area (Å²) in [4.78, 5) is 18.4. The molecule has 2 aliphatic rings. The lowest BCUT2D eigenvalue weighted by Crippen LogP contribution is -2.45. The van der Waals surface area contributed by atoms with E-state index in [-0.39, 0.29) is 12.5 Å². The molecule has 1 aromatic carbocycles. The molecule has 0 unspecified atom stereocenters. The van der Waals surface area contributed by atoms with E-state index in [1.165, 1.54) is 0 Å². The number of pyridine rings is 1. The molecule has 7 heteroatoms. The molecule has 3 N–H and O–H groups in total. The number of methoxy groups -OCH3 is 1. The first-order chi connectivity index (χ1) is 12.5. The van der Waals surface area contributed by atoms with E-state index in [2.05, 4.69) is 9.88 Å². The highest BCUT2D eigenvalue weighted by molar-refractivity contribution is 5.79. The van der Waals surface area contributed by atoms with Crippen LogP contribution in [0, 0.1) is 5.41 Å². The Hall–Kier alpha value is -2.80. The van der Waals surface area contributed by atoms with Gasteiger partial charge in [0.15, 0.2) is 11.5 Å². The fraction of sp³-hybridized carbons (Fsp3) is 0.368. The zero-order valence-corrected chi connectivity index (χ0v) is 14.5. The molecule has 1 fully saturated rings. The Balaban J connectivity index is 1.69. The van der Waals surface area contributed by atoms with Crippen LogP contribution in [-0.4, -0.2) is 47.8 Å². The number of carboxylic acids is 1. The van der Waals surface area contributed by atoms with Crippen molar-refractivity contribution in [1.82, 2.24) is 9.88 Å². The molecule has 26 heavy (non-hydrogen) atoms. The number of anilines is 1. The van der Waals surface area contributed by atoms with E-state index in [1.54, 1.807) is 13.3 Å². The highest BCUT2D eigenvalue weighted by Gasteiger charge is 2.56. The predicted octanol–water partition coefficient (Wildman–Crippen LogP) is 1.74. The van der Waals surface area contributed by atoms with Crippen molar-refractivity contribution in [3.63, 3.8) is 0 Å². The van der Waals surface area contributed by atoms with Crippen molar-refractivity contribution in [1.29, 1.82) is 0 Å². The number of aromatic nitrogens is 1. The molecule has 2 aromatic rings. The van der Waals surface area contributed by atoms with Gasteiger partial charge in [0, 0.05) is 42.9 Å². The van der Waals surface area contributed by atoms with Gasteiger partial charge in [-0.15, -0.1) is 0 Å². The van der Waals surface area contributed by atoms with E-state index in [9.17, 15) is 9.90 Å². The van der Waals surface area contributed by atoms with E-state index in [0.29, 0.717) is 37.0 Å². The van der Waals surface area contributed by atoms with Gasteiger partial charge in [-0.3, -0.25) is 9.69 Å². The zero-order chi connectivity index (χ0) is 18.3. The van der Waals surface area contributed by atoms with Crippen molar-refractivity contribution in [2.24, 2.45) is 5.41 Å². The third-order valence-corrected chi connectivity index (χ3v) is 5.44. The Morgan fingerprint density at radius 2 is 2.31 bits per heavy atom. The van der Waals surface area contributed by atoms with Gasteiger partial charge in [-0.05, 0) is 12.1 Å². The molecule has 3 heterocycles. The van der Waals surface area contributed by atoms with Gasteiger partial charge in [-0.1, -0.05) is 18.2 Å². The summed E-state index contributed by atoms with van der Waals surface area (Å²) < 4.78 is 11.3. The summed E-state index contributed by atoms with van der Waals surface area (Å²) in [5, 5.41) is 10.0. The minimum atomic E-state index is -0.976. The number of hydrogen-bond acceptors (Lipinski definition) is 6. The van der Waals surface area contributed by atoms with Crippen molar-refractivity contribution in [2.45, 2.75) is 12.5 Å². The summed E-state index contributed by atoms with van der Waals surface area (Å²) in [7, 11) is 1.59. The Morgan fingerprint density at radius 3 is 3.04 bits per heavy atom. The molecule has 1 aromatic heterocycles. The van der Waals surface area contributed by atoms with Gasteiger partial charge in [-0.2, -0.15) is 0 Å². The smallest absolute Gasteiger partial charge is 0.315 e. The standard InChI is InChI=1S/C19H21N3O4/c1-25-15-6-2-5-13-14-9-22(8-12-4-3-7-21-17(12)20)10-19(14,18(23)24)11-26-16(13)15/h2-7,14H,8-11H2,1H3,(H2,20,21)(H,23,24)/t14-,19-/m0/s1. The van der Waals surface area contributed by atoms with Gasteiger partial charge in [0.25, 0.3) is 0 Å². The Kier molecular flexibility index (Phi) is 3.96. The van der Waals surface area contributed by atoms with Gasteiger partial charge < -0.3 is 20.3 Å². The SMILES string of the molecule is COc1cccc2c1OC[C@@]1(C(=O)O)CN(Cc3cccnc3N)C[C@@H]21. The maximum absolute atomic E-state index is 12.2. The molecule has 0 radical (unpaired) electrons.